The van der Waals surface area contributed by atoms with Crippen molar-refractivity contribution in [2.24, 2.45) is 10.8 Å². The number of nitrogens with zero attached hydrogens (tertiary/aromatic N) is 3. The van der Waals surface area contributed by atoms with Crippen LogP contribution in [0.2, 0.25) is 0 Å². The van der Waals surface area contributed by atoms with Crippen molar-refractivity contribution in [1.82, 2.24) is 0 Å². The average Bonchev–Trinajstić information content (AvgIpc) is 3.03. The van der Waals surface area contributed by atoms with E-state index in [1.165, 1.54) is 6.07 Å². The monoisotopic (exact) mass is 477 g/mol. The van der Waals surface area contributed by atoms with Crippen LogP contribution in [0.3, 0.4) is 0 Å². The Kier molecular flexibility index (Phi) is 5.03. The highest BCUT2D eigenvalue weighted by molar-refractivity contribution is 9.10. The molecule has 0 saturated carbocycles. The van der Waals surface area contributed by atoms with Crippen molar-refractivity contribution < 1.29 is 9.18 Å². The van der Waals surface area contributed by atoms with E-state index in [-0.39, 0.29) is 11.3 Å². The van der Waals surface area contributed by atoms with Crippen LogP contribution in [0.1, 0.15) is 37.8 Å². The Labute approximate surface area is 189 Å². The Balaban J connectivity index is 2.06. The van der Waals surface area contributed by atoms with Gasteiger partial charge in [-0.25, -0.2) is 4.39 Å². The molecule has 2 aliphatic rings. The van der Waals surface area contributed by atoms with Gasteiger partial charge in [0.15, 0.2) is 11.2 Å². The Bertz CT molecular complexity index is 1170. The van der Waals surface area contributed by atoms with Crippen molar-refractivity contribution >= 4 is 33.5 Å². The maximum Gasteiger partial charge on any atom is 0.176 e. The van der Waals surface area contributed by atoms with Crippen molar-refractivity contribution in [1.29, 1.82) is 10.5 Å². The maximum absolute atomic E-state index is 15.2. The summed E-state index contributed by atoms with van der Waals surface area (Å²) in [7, 11) is 0. The number of anilines is 1. The van der Waals surface area contributed by atoms with Gasteiger partial charge in [0.25, 0.3) is 0 Å². The second-order valence-corrected chi connectivity index (χ2v) is 9.98. The topological polar surface area (TPSA) is 67.9 Å². The van der Waals surface area contributed by atoms with E-state index in [0.29, 0.717) is 4.47 Å². The molecule has 2 aliphatic heterocycles. The van der Waals surface area contributed by atoms with Crippen molar-refractivity contribution in [3.63, 3.8) is 0 Å². The minimum Gasteiger partial charge on any atom is -0.351 e. The average molecular weight is 478 g/mol. The number of hydrogen-bond donors (Lipinski definition) is 0. The van der Waals surface area contributed by atoms with Gasteiger partial charge in [-0.05, 0) is 29.3 Å². The molecule has 156 valence electrons. The van der Waals surface area contributed by atoms with Gasteiger partial charge in [0.2, 0.25) is 0 Å². The third-order valence-corrected chi connectivity index (χ3v) is 6.71. The highest BCUT2D eigenvalue weighted by atomic mass is 79.9. The number of benzene rings is 2. The van der Waals surface area contributed by atoms with E-state index < -0.39 is 34.6 Å². The first-order valence-electron chi connectivity index (χ1n) is 10.0. The number of halogens is 2. The molecular formula is C25H21BrFN3O. The summed E-state index contributed by atoms with van der Waals surface area (Å²) >= 11 is 3.27. The Morgan fingerprint density at radius 1 is 1.16 bits per heavy atom. The number of hydrogen-bond acceptors (Lipinski definition) is 4. The number of para-hydroxylation sites is 1. The first-order chi connectivity index (χ1) is 14.7. The second-order valence-electron chi connectivity index (χ2n) is 9.07. The van der Waals surface area contributed by atoms with Crippen LogP contribution >= 0.6 is 15.9 Å². The highest BCUT2D eigenvalue weighted by Gasteiger charge is 2.64. The summed E-state index contributed by atoms with van der Waals surface area (Å²) in [6.45, 7) is 5.43. The molecule has 6 heteroatoms. The summed E-state index contributed by atoms with van der Waals surface area (Å²) in [5, 5.41) is 20.6. The summed E-state index contributed by atoms with van der Waals surface area (Å²) in [6.07, 6.45) is 3.67. The van der Waals surface area contributed by atoms with Gasteiger partial charge in [0, 0.05) is 21.5 Å². The van der Waals surface area contributed by atoms with Gasteiger partial charge in [-0.3, -0.25) is 4.79 Å². The minimum atomic E-state index is -1.63. The standard InChI is InChI=1S/C25H21BrFN3O/c1-24(2,3)23(31)22-21(17-10-9-16(26)12-18(17)27)25(13-28,14-29)20-11-8-15-6-4-5-7-19(15)30(20)22/h4-12,20-22H,1-3H3/t20-,21+,22-/m0/s1. The van der Waals surface area contributed by atoms with Crippen molar-refractivity contribution in [2.45, 2.75) is 38.8 Å². The number of carbonyl (C=O) groups excluding carboxylic acids is 1. The zero-order valence-electron chi connectivity index (χ0n) is 17.4. The summed E-state index contributed by atoms with van der Waals surface area (Å²) < 4.78 is 15.8. The second kappa shape index (κ2) is 7.32. The molecule has 0 radical (unpaired) electrons. The lowest BCUT2D eigenvalue weighted by molar-refractivity contribution is -0.127. The highest BCUT2D eigenvalue weighted by Crippen LogP contribution is 2.56. The molecule has 0 aromatic heterocycles. The fourth-order valence-electron chi connectivity index (χ4n) is 4.78. The molecule has 2 aromatic carbocycles. The Morgan fingerprint density at radius 2 is 1.84 bits per heavy atom. The first kappa shape index (κ1) is 21.3. The lowest BCUT2D eigenvalue weighted by Crippen LogP contribution is -2.47. The van der Waals surface area contributed by atoms with Gasteiger partial charge < -0.3 is 4.90 Å². The zero-order valence-corrected chi connectivity index (χ0v) is 19.0. The number of carbonyl (C=O) groups is 1. The molecule has 0 aliphatic carbocycles. The van der Waals surface area contributed by atoms with Gasteiger partial charge >= 0.3 is 0 Å². The van der Waals surface area contributed by atoms with Crippen molar-refractivity contribution in [3.05, 3.63) is 70.0 Å². The van der Waals surface area contributed by atoms with E-state index in [9.17, 15) is 15.3 Å². The van der Waals surface area contributed by atoms with Crippen LogP contribution in [0.5, 0.6) is 0 Å². The summed E-state index contributed by atoms with van der Waals surface area (Å²) in [4.78, 5) is 15.7. The van der Waals surface area contributed by atoms with Crippen molar-refractivity contribution in [3.8, 4) is 12.1 Å². The molecule has 0 N–H and O–H groups in total. The fourth-order valence-corrected chi connectivity index (χ4v) is 5.11. The molecule has 1 fully saturated rings. The number of Topliss-reactive ketones (excluding diaryl/α,β-unsaturated/α-hetero) is 1. The van der Waals surface area contributed by atoms with E-state index in [1.807, 2.05) is 56.0 Å². The van der Waals surface area contributed by atoms with Crippen LogP contribution in [-0.4, -0.2) is 17.9 Å². The third kappa shape index (κ3) is 3.09. The predicted molar refractivity (Wildman–Crippen MR) is 120 cm³/mol. The molecule has 0 spiro atoms. The molecule has 0 amide bonds. The van der Waals surface area contributed by atoms with E-state index in [4.69, 9.17) is 0 Å². The van der Waals surface area contributed by atoms with E-state index in [1.54, 1.807) is 18.2 Å². The van der Waals surface area contributed by atoms with Crippen LogP contribution in [0.4, 0.5) is 10.1 Å². The Hall–Kier alpha value is -2.96. The molecule has 4 nitrogen and oxygen atoms in total. The van der Waals surface area contributed by atoms with Crippen molar-refractivity contribution in [2.75, 3.05) is 4.90 Å². The molecule has 0 bridgehead atoms. The first-order valence-corrected chi connectivity index (χ1v) is 10.8. The molecule has 3 atom stereocenters. The number of fused-ring (bicyclic) bond motifs is 3. The van der Waals surface area contributed by atoms with Crippen LogP contribution in [-0.2, 0) is 4.79 Å². The quantitative estimate of drug-likeness (QED) is 0.563. The number of ketones is 1. The largest absolute Gasteiger partial charge is 0.351 e. The Morgan fingerprint density at radius 3 is 2.45 bits per heavy atom. The van der Waals surface area contributed by atoms with Gasteiger partial charge in [-0.2, -0.15) is 10.5 Å². The SMILES string of the molecule is CC(C)(C)C(=O)[C@@H]1[C@@H](c2ccc(Br)cc2F)C(C#N)(C#N)[C@@H]2C=Cc3ccccc3N12. The van der Waals surface area contributed by atoms with E-state index >= 15 is 4.39 Å². The normalized spacial score (nSPS) is 23.5. The molecule has 31 heavy (non-hydrogen) atoms. The van der Waals surface area contributed by atoms with Gasteiger partial charge in [-0.1, -0.05) is 73.1 Å². The smallest absolute Gasteiger partial charge is 0.176 e. The molecule has 1 saturated heterocycles. The summed E-state index contributed by atoms with van der Waals surface area (Å²) in [6, 6.07) is 15.0. The number of nitriles is 2. The lowest BCUT2D eigenvalue weighted by atomic mass is 9.67. The molecular weight excluding hydrogens is 457 g/mol. The molecule has 4 rings (SSSR count). The number of rotatable bonds is 2. The molecule has 2 aromatic rings. The van der Waals surface area contributed by atoms with Crippen LogP contribution in [0, 0.1) is 39.3 Å². The van der Waals surface area contributed by atoms with Gasteiger partial charge in [-0.15, -0.1) is 0 Å². The fraction of sp³-hybridized carbons (Fsp3) is 0.320. The van der Waals surface area contributed by atoms with Gasteiger partial charge in [0.1, 0.15) is 5.82 Å². The predicted octanol–water partition coefficient (Wildman–Crippen LogP) is 5.60. The minimum absolute atomic E-state index is 0.137. The summed E-state index contributed by atoms with van der Waals surface area (Å²) in [5.41, 5.74) is -0.519. The van der Waals surface area contributed by atoms with Crippen LogP contribution in [0.25, 0.3) is 6.08 Å². The molecule has 2 heterocycles. The van der Waals surface area contributed by atoms with Crippen LogP contribution < -0.4 is 4.90 Å². The van der Waals surface area contributed by atoms with E-state index in [0.717, 1.165) is 11.3 Å². The molecule has 0 unspecified atom stereocenters. The summed E-state index contributed by atoms with van der Waals surface area (Å²) in [5.74, 6) is -1.64. The van der Waals surface area contributed by atoms with Gasteiger partial charge in [0.05, 0.1) is 24.2 Å². The third-order valence-electron chi connectivity index (χ3n) is 6.22. The van der Waals surface area contributed by atoms with E-state index in [2.05, 4.69) is 28.1 Å². The maximum atomic E-state index is 15.2. The lowest BCUT2D eigenvalue weighted by Gasteiger charge is -2.37. The zero-order chi connectivity index (χ0) is 22.6. The van der Waals surface area contributed by atoms with Crippen LogP contribution in [0.15, 0.2) is 53.0 Å².